The van der Waals surface area contributed by atoms with Gasteiger partial charge in [-0.15, -0.1) is 0 Å². The summed E-state index contributed by atoms with van der Waals surface area (Å²) in [4.78, 5) is 22.9. The number of hydrogen-bond acceptors (Lipinski definition) is 6. The highest BCUT2D eigenvalue weighted by Gasteiger charge is 2.27. The minimum absolute atomic E-state index is 0.246. The number of fused-ring (bicyclic) bond motifs is 1. The lowest BCUT2D eigenvalue weighted by atomic mass is 9.98. The molecule has 0 N–H and O–H groups in total. The number of carbonyl (C=O) groups excluding carboxylic acids is 1. The van der Waals surface area contributed by atoms with Crippen LogP contribution in [0.15, 0.2) is 24.3 Å². The molecule has 1 saturated heterocycles. The number of methoxy groups -OCH3 is 1. The lowest BCUT2D eigenvalue weighted by molar-refractivity contribution is 0.0163. The van der Waals surface area contributed by atoms with Gasteiger partial charge in [0, 0.05) is 13.1 Å². The predicted molar refractivity (Wildman–Crippen MR) is 102 cm³/mol. The van der Waals surface area contributed by atoms with E-state index >= 15 is 0 Å². The van der Waals surface area contributed by atoms with E-state index in [1.165, 1.54) is 0 Å². The fourth-order valence-corrected chi connectivity index (χ4v) is 3.00. The Morgan fingerprint density at radius 1 is 1.11 bits per heavy atom. The zero-order valence-electron chi connectivity index (χ0n) is 16.4. The number of hydrogen-bond donors (Lipinski definition) is 0. The van der Waals surface area contributed by atoms with Crippen LogP contribution in [0.5, 0.6) is 11.8 Å². The number of amides is 1. The van der Waals surface area contributed by atoms with Crippen molar-refractivity contribution in [2.45, 2.75) is 39.2 Å². The van der Waals surface area contributed by atoms with Crippen LogP contribution in [-0.4, -0.2) is 53.4 Å². The molecule has 2 aromatic rings. The van der Waals surface area contributed by atoms with Crippen LogP contribution >= 0.6 is 0 Å². The average Bonchev–Trinajstić information content (AvgIpc) is 2.64. The zero-order chi connectivity index (χ0) is 19.4. The van der Waals surface area contributed by atoms with Gasteiger partial charge in [-0.05, 0) is 51.7 Å². The lowest BCUT2D eigenvalue weighted by Gasteiger charge is -2.33. The second-order valence-corrected chi connectivity index (χ2v) is 7.75. The Labute approximate surface area is 159 Å². The molecule has 2 heterocycles. The van der Waals surface area contributed by atoms with Gasteiger partial charge in [0.1, 0.15) is 5.60 Å². The number of likely N-dealkylation sites (tertiary alicyclic amines) is 1. The summed E-state index contributed by atoms with van der Waals surface area (Å²) in [5.41, 5.74) is 1.07. The number of nitrogens with zero attached hydrogens (tertiary/aromatic N) is 3. The number of ether oxygens (including phenoxy) is 3. The fraction of sp³-hybridized carbons (Fsp3) is 0.550. The predicted octanol–water partition coefficient (Wildman–Crippen LogP) is 3.66. The Balaban J connectivity index is 1.56. The van der Waals surface area contributed by atoms with Crippen LogP contribution in [0.3, 0.4) is 0 Å². The van der Waals surface area contributed by atoms with Crippen molar-refractivity contribution in [3.05, 3.63) is 24.3 Å². The van der Waals surface area contributed by atoms with Gasteiger partial charge in [0.2, 0.25) is 0 Å². The number of para-hydroxylation sites is 2. The Morgan fingerprint density at radius 3 is 2.26 bits per heavy atom. The summed E-state index contributed by atoms with van der Waals surface area (Å²) in [6.07, 6.45) is 1.48. The van der Waals surface area contributed by atoms with Crippen LogP contribution in [-0.2, 0) is 4.74 Å². The van der Waals surface area contributed by atoms with Crippen LogP contribution in [0, 0.1) is 5.92 Å². The smallest absolute Gasteiger partial charge is 0.410 e. The number of rotatable bonds is 4. The van der Waals surface area contributed by atoms with Crippen molar-refractivity contribution in [1.29, 1.82) is 0 Å². The van der Waals surface area contributed by atoms with E-state index in [1.54, 1.807) is 12.0 Å². The van der Waals surface area contributed by atoms with E-state index in [0.29, 0.717) is 37.4 Å². The molecule has 27 heavy (non-hydrogen) atoms. The van der Waals surface area contributed by atoms with Crippen LogP contribution in [0.1, 0.15) is 33.6 Å². The van der Waals surface area contributed by atoms with E-state index in [0.717, 1.165) is 23.9 Å². The molecule has 3 rings (SSSR count). The fourth-order valence-electron chi connectivity index (χ4n) is 3.00. The second kappa shape index (κ2) is 7.98. The van der Waals surface area contributed by atoms with Crippen molar-refractivity contribution < 1.29 is 19.0 Å². The van der Waals surface area contributed by atoms with Gasteiger partial charge in [-0.2, -0.15) is 0 Å². The molecular formula is C20H27N3O4. The Hall–Kier alpha value is -2.57. The minimum atomic E-state index is -0.470. The molecule has 0 spiro atoms. The SMILES string of the molecule is COc1nc2ccccc2nc1OCC1CCN(C(=O)OC(C)(C)C)CC1. The summed E-state index contributed by atoms with van der Waals surface area (Å²) in [7, 11) is 1.56. The molecule has 1 fully saturated rings. The van der Waals surface area contributed by atoms with Crippen molar-refractivity contribution in [2.75, 3.05) is 26.8 Å². The van der Waals surface area contributed by atoms with Gasteiger partial charge in [0.15, 0.2) is 0 Å². The third-order valence-corrected chi connectivity index (χ3v) is 4.42. The summed E-state index contributed by atoms with van der Waals surface area (Å²) in [6.45, 7) is 7.49. The van der Waals surface area contributed by atoms with Crippen molar-refractivity contribution in [2.24, 2.45) is 5.92 Å². The molecule has 1 aromatic heterocycles. The summed E-state index contributed by atoms with van der Waals surface area (Å²) in [6, 6.07) is 7.62. The maximum Gasteiger partial charge on any atom is 0.410 e. The van der Waals surface area contributed by atoms with Gasteiger partial charge >= 0.3 is 6.09 Å². The van der Waals surface area contributed by atoms with E-state index in [4.69, 9.17) is 14.2 Å². The van der Waals surface area contributed by atoms with Crippen molar-refractivity contribution in [1.82, 2.24) is 14.9 Å². The quantitative estimate of drug-likeness (QED) is 0.814. The first kappa shape index (κ1) is 19.2. The normalized spacial score (nSPS) is 15.6. The van der Waals surface area contributed by atoms with Gasteiger partial charge in [-0.25, -0.2) is 14.8 Å². The van der Waals surface area contributed by atoms with E-state index < -0.39 is 5.60 Å². The minimum Gasteiger partial charge on any atom is -0.477 e. The zero-order valence-corrected chi connectivity index (χ0v) is 16.4. The van der Waals surface area contributed by atoms with E-state index in [-0.39, 0.29) is 6.09 Å². The first-order valence-corrected chi connectivity index (χ1v) is 9.27. The molecule has 7 nitrogen and oxygen atoms in total. The highest BCUT2D eigenvalue weighted by atomic mass is 16.6. The standard InChI is InChI=1S/C20H27N3O4/c1-20(2,3)27-19(24)23-11-9-14(10-12-23)13-26-18-17(25-4)21-15-7-5-6-8-16(15)22-18/h5-8,14H,9-13H2,1-4H3. The highest BCUT2D eigenvalue weighted by molar-refractivity contribution is 5.75. The Morgan fingerprint density at radius 2 is 1.70 bits per heavy atom. The maximum absolute atomic E-state index is 12.1. The number of carbonyl (C=O) groups is 1. The molecule has 0 atom stereocenters. The average molecular weight is 373 g/mol. The molecule has 1 amide bonds. The molecule has 0 radical (unpaired) electrons. The van der Waals surface area contributed by atoms with Gasteiger partial charge in [0.05, 0.1) is 24.8 Å². The molecule has 1 aliphatic rings. The largest absolute Gasteiger partial charge is 0.477 e. The topological polar surface area (TPSA) is 73.8 Å². The van der Waals surface area contributed by atoms with E-state index in [1.807, 2.05) is 45.0 Å². The van der Waals surface area contributed by atoms with E-state index in [2.05, 4.69) is 9.97 Å². The molecule has 0 saturated carbocycles. The number of benzene rings is 1. The third kappa shape index (κ3) is 4.99. The molecule has 146 valence electrons. The first-order chi connectivity index (χ1) is 12.9. The third-order valence-electron chi connectivity index (χ3n) is 4.42. The first-order valence-electron chi connectivity index (χ1n) is 9.27. The molecule has 1 aromatic carbocycles. The van der Waals surface area contributed by atoms with Crippen LogP contribution < -0.4 is 9.47 Å². The van der Waals surface area contributed by atoms with Crippen molar-refractivity contribution >= 4 is 17.1 Å². The van der Waals surface area contributed by atoms with E-state index in [9.17, 15) is 4.79 Å². The summed E-state index contributed by atoms with van der Waals surface area (Å²) in [5.74, 6) is 1.15. The molecular weight excluding hydrogens is 346 g/mol. The van der Waals surface area contributed by atoms with Gasteiger partial charge < -0.3 is 19.1 Å². The highest BCUT2D eigenvalue weighted by Crippen LogP contribution is 2.27. The van der Waals surface area contributed by atoms with Gasteiger partial charge in [-0.3, -0.25) is 0 Å². The Bertz CT molecular complexity index is 795. The summed E-state index contributed by atoms with van der Waals surface area (Å²) < 4.78 is 16.7. The molecule has 0 bridgehead atoms. The number of piperidine rings is 1. The molecule has 0 aliphatic carbocycles. The van der Waals surface area contributed by atoms with Gasteiger partial charge in [0.25, 0.3) is 11.8 Å². The van der Waals surface area contributed by atoms with Crippen molar-refractivity contribution in [3.8, 4) is 11.8 Å². The van der Waals surface area contributed by atoms with Crippen LogP contribution in [0.4, 0.5) is 4.79 Å². The lowest BCUT2D eigenvalue weighted by Crippen LogP contribution is -2.42. The maximum atomic E-state index is 12.1. The monoisotopic (exact) mass is 373 g/mol. The number of aromatic nitrogens is 2. The van der Waals surface area contributed by atoms with Gasteiger partial charge in [-0.1, -0.05) is 12.1 Å². The second-order valence-electron chi connectivity index (χ2n) is 7.75. The van der Waals surface area contributed by atoms with Crippen LogP contribution in [0.2, 0.25) is 0 Å². The molecule has 7 heteroatoms. The summed E-state index contributed by atoms with van der Waals surface area (Å²) >= 11 is 0. The Kier molecular flexibility index (Phi) is 5.68. The summed E-state index contributed by atoms with van der Waals surface area (Å²) in [5, 5.41) is 0. The van der Waals surface area contributed by atoms with Crippen LogP contribution in [0.25, 0.3) is 11.0 Å². The molecule has 0 unspecified atom stereocenters. The molecule has 1 aliphatic heterocycles. The van der Waals surface area contributed by atoms with Crippen molar-refractivity contribution in [3.63, 3.8) is 0 Å².